The molecule has 1 nitrogen and oxygen atoms in total. The largest absolute Gasteiger partial charge is 0.375 e. The fourth-order valence-electron chi connectivity index (χ4n) is 1.63. The summed E-state index contributed by atoms with van der Waals surface area (Å²) >= 11 is 0. The summed E-state index contributed by atoms with van der Waals surface area (Å²) in [6.07, 6.45) is 1.20. The van der Waals surface area contributed by atoms with E-state index in [0.29, 0.717) is 5.41 Å². The molecule has 1 aliphatic rings. The van der Waals surface area contributed by atoms with Gasteiger partial charge in [-0.25, -0.2) is 0 Å². The van der Waals surface area contributed by atoms with Crippen LogP contribution < -0.4 is 0 Å². The number of rotatable bonds is 0. The van der Waals surface area contributed by atoms with Crippen molar-refractivity contribution in [2.24, 2.45) is 11.3 Å². The Morgan fingerprint density at radius 2 is 1.73 bits per heavy atom. The van der Waals surface area contributed by atoms with Crippen LogP contribution in [0.3, 0.4) is 0 Å². The quantitative estimate of drug-likeness (QED) is 0.524. The van der Waals surface area contributed by atoms with Gasteiger partial charge >= 0.3 is 0 Å². The predicted molar refractivity (Wildman–Crippen MR) is 47.6 cm³/mol. The molecule has 1 saturated heterocycles. The van der Waals surface area contributed by atoms with E-state index in [0.717, 1.165) is 12.5 Å². The molecule has 0 amide bonds. The highest BCUT2D eigenvalue weighted by atomic mass is 16.5. The first kappa shape index (κ1) is 9.05. The minimum atomic E-state index is 0.0463. The van der Waals surface area contributed by atoms with Crippen molar-refractivity contribution in [3.05, 3.63) is 0 Å². The maximum Gasteiger partial charge on any atom is 0.0679 e. The average Bonchev–Trinajstić information content (AvgIpc) is 1.84. The van der Waals surface area contributed by atoms with E-state index >= 15 is 0 Å². The summed E-state index contributed by atoms with van der Waals surface area (Å²) in [5, 5.41) is 0. The lowest BCUT2D eigenvalue weighted by atomic mass is 9.66. The zero-order valence-corrected chi connectivity index (χ0v) is 8.40. The highest BCUT2D eigenvalue weighted by molar-refractivity contribution is 4.93. The molecule has 1 heteroatoms. The summed E-state index contributed by atoms with van der Waals surface area (Å²) in [4.78, 5) is 0. The first-order chi connectivity index (χ1) is 4.88. The van der Waals surface area contributed by atoms with Gasteiger partial charge < -0.3 is 4.74 Å². The van der Waals surface area contributed by atoms with E-state index in [-0.39, 0.29) is 5.60 Å². The molecule has 0 spiro atoms. The third kappa shape index (κ3) is 1.31. The molecule has 0 aliphatic carbocycles. The SMILES string of the molecule is CC1CCOC(C)(C)C1(C)C. The van der Waals surface area contributed by atoms with E-state index in [1.54, 1.807) is 0 Å². The van der Waals surface area contributed by atoms with E-state index in [2.05, 4.69) is 34.6 Å². The molecule has 1 atom stereocenters. The van der Waals surface area contributed by atoms with Crippen molar-refractivity contribution in [3.63, 3.8) is 0 Å². The number of ether oxygens (including phenoxy) is 1. The Kier molecular flexibility index (Phi) is 2.04. The first-order valence-electron chi connectivity index (χ1n) is 4.52. The minimum absolute atomic E-state index is 0.0463. The second kappa shape index (κ2) is 2.48. The molecule has 0 radical (unpaired) electrons. The van der Waals surface area contributed by atoms with Crippen molar-refractivity contribution in [1.82, 2.24) is 0 Å². The van der Waals surface area contributed by atoms with E-state index < -0.39 is 0 Å². The molecule has 1 rings (SSSR count). The monoisotopic (exact) mass is 156 g/mol. The van der Waals surface area contributed by atoms with Crippen LogP contribution in [0.15, 0.2) is 0 Å². The summed E-state index contributed by atoms with van der Waals surface area (Å²) in [7, 11) is 0. The summed E-state index contributed by atoms with van der Waals surface area (Å²) < 4.78 is 5.75. The van der Waals surface area contributed by atoms with Gasteiger partial charge in [0.25, 0.3) is 0 Å². The van der Waals surface area contributed by atoms with Gasteiger partial charge in [0.2, 0.25) is 0 Å². The van der Waals surface area contributed by atoms with Crippen LogP contribution in [-0.2, 0) is 4.74 Å². The predicted octanol–water partition coefficient (Wildman–Crippen LogP) is 2.85. The smallest absolute Gasteiger partial charge is 0.0679 e. The third-order valence-electron chi connectivity index (χ3n) is 3.80. The fraction of sp³-hybridized carbons (Fsp3) is 1.00. The van der Waals surface area contributed by atoms with Gasteiger partial charge in [0.15, 0.2) is 0 Å². The van der Waals surface area contributed by atoms with E-state index in [1.807, 2.05) is 0 Å². The zero-order valence-electron chi connectivity index (χ0n) is 8.40. The van der Waals surface area contributed by atoms with Gasteiger partial charge in [0, 0.05) is 6.61 Å². The van der Waals surface area contributed by atoms with Gasteiger partial charge in [-0.3, -0.25) is 0 Å². The van der Waals surface area contributed by atoms with Crippen molar-refractivity contribution < 1.29 is 4.74 Å². The first-order valence-corrected chi connectivity index (χ1v) is 4.52. The Morgan fingerprint density at radius 3 is 2.09 bits per heavy atom. The maximum absolute atomic E-state index is 5.75. The standard InChI is InChI=1S/C10H20O/c1-8-6-7-11-10(4,5)9(8,2)3/h8H,6-7H2,1-5H3. The van der Waals surface area contributed by atoms with Gasteiger partial charge in [-0.15, -0.1) is 0 Å². The van der Waals surface area contributed by atoms with Gasteiger partial charge in [-0.1, -0.05) is 20.8 Å². The topological polar surface area (TPSA) is 9.23 Å². The molecular formula is C10H20O. The zero-order chi connectivity index (χ0) is 8.70. The fourth-order valence-corrected chi connectivity index (χ4v) is 1.63. The van der Waals surface area contributed by atoms with Crippen LogP contribution in [0.5, 0.6) is 0 Å². The van der Waals surface area contributed by atoms with Gasteiger partial charge in [0.05, 0.1) is 5.60 Å². The lowest BCUT2D eigenvalue weighted by Gasteiger charge is -2.49. The Hall–Kier alpha value is -0.0400. The summed E-state index contributed by atoms with van der Waals surface area (Å²) in [6, 6.07) is 0. The second-order valence-electron chi connectivity index (χ2n) is 4.77. The third-order valence-corrected chi connectivity index (χ3v) is 3.80. The van der Waals surface area contributed by atoms with Gasteiger partial charge in [-0.05, 0) is 31.6 Å². The molecule has 0 aromatic carbocycles. The molecule has 11 heavy (non-hydrogen) atoms. The normalized spacial score (nSPS) is 35.2. The summed E-state index contributed by atoms with van der Waals surface area (Å²) in [5.41, 5.74) is 0.357. The molecule has 0 aromatic heterocycles. The molecule has 1 heterocycles. The molecule has 0 aromatic rings. The maximum atomic E-state index is 5.75. The van der Waals surface area contributed by atoms with Crippen LogP contribution in [-0.4, -0.2) is 12.2 Å². The highest BCUT2D eigenvalue weighted by Gasteiger charge is 2.44. The van der Waals surface area contributed by atoms with Crippen LogP contribution >= 0.6 is 0 Å². The Balaban J connectivity index is 2.82. The molecule has 0 N–H and O–H groups in total. The lowest BCUT2D eigenvalue weighted by molar-refractivity contribution is -0.159. The molecule has 0 saturated carbocycles. The van der Waals surface area contributed by atoms with Crippen molar-refractivity contribution in [2.75, 3.05) is 6.61 Å². The van der Waals surface area contributed by atoms with Crippen molar-refractivity contribution in [1.29, 1.82) is 0 Å². The number of hydrogen-bond acceptors (Lipinski definition) is 1. The summed E-state index contributed by atoms with van der Waals surface area (Å²) in [6.45, 7) is 12.3. The molecule has 1 fully saturated rings. The second-order valence-corrected chi connectivity index (χ2v) is 4.77. The Bertz CT molecular complexity index is 147. The van der Waals surface area contributed by atoms with E-state index in [4.69, 9.17) is 4.74 Å². The highest BCUT2D eigenvalue weighted by Crippen LogP contribution is 2.45. The van der Waals surface area contributed by atoms with Crippen LogP contribution in [0.25, 0.3) is 0 Å². The molecular weight excluding hydrogens is 136 g/mol. The van der Waals surface area contributed by atoms with Crippen LogP contribution in [0.4, 0.5) is 0 Å². The van der Waals surface area contributed by atoms with Crippen LogP contribution in [0, 0.1) is 11.3 Å². The Labute approximate surface area is 70.1 Å². The molecule has 66 valence electrons. The van der Waals surface area contributed by atoms with Crippen molar-refractivity contribution >= 4 is 0 Å². The summed E-state index contributed by atoms with van der Waals surface area (Å²) in [5.74, 6) is 0.770. The van der Waals surface area contributed by atoms with Crippen molar-refractivity contribution in [3.8, 4) is 0 Å². The molecule has 1 aliphatic heterocycles. The van der Waals surface area contributed by atoms with Crippen LogP contribution in [0.1, 0.15) is 41.0 Å². The lowest BCUT2D eigenvalue weighted by Crippen LogP contribution is -2.49. The molecule has 1 unspecified atom stereocenters. The van der Waals surface area contributed by atoms with Crippen LogP contribution in [0.2, 0.25) is 0 Å². The minimum Gasteiger partial charge on any atom is -0.375 e. The van der Waals surface area contributed by atoms with E-state index in [9.17, 15) is 0 Å². The average molecular weight is 156 g/mol. The van der Waals surface area contributed by atoms with Crippen molar-refractivity contribution in [2.45, 2.75) is 46.6 Å². The molecule has 0 bridgehead atoms. The number of hydrogen-bond donors (Lipinski definition) is 0. The van der Waals surface area contributed by atoms with Gasteiger partial charge in [0.1, 0.15) is 0 Å². The Morgan fingerprint density at radius 1 is 1.18 bits per heavy atom. The van der Waals surface area contributed by atoms with Gasteiger partial charge in [-0.2, -0.15) is 0 Å². The van der Waals surface area contributed by atoms with E-state index in [1.165, 1.54) is 6.42 Å².